The zero-order chi connectivity index (χ0) is 11.2. The molecule has 5 nitrogen and oxygen atoms in total. The molecule has 0 aromatic carbocycles. The van der Waals surface area contributed by atoms with Crippen LogP contribution in [0.1, 0.15) is 26.7 Å². The lowest BCUT2D eigenvalue weighted by atomic mass is 9.92. The van der Waals surface area contributed by atoms with E-state index in [-0.39, 0.29) is 5.78 Å². The van der Waals surface area contributed by atoms with Gasteiger partial charge in [-0.3, -0.25) is 4.79 Å². The van der Waals surface area contributed by atoms with Crippen molar-refractivity contribution >= 4 is 11.8 Å². The van der Waals surface area contributed by atoms with E-state index in [2.05, 4.69) is 10.6 Å². The number of primary amides is 1. The molecule has 1 atom stereocenters. The van der Waals surface area contributed by atoms with Crippen LogP contribution in [0.25, 0.3) is 0 Å². The molecule has 0 heterocycles. The van der Waals surface area contributed by atoms with Gasteiger partial charge in [0.2, 0.25) is 0 Å². The number of ketones is 1. The maximum Gasteiger partial charge on any atom is 0.312 e. The van der Waals surface area contributed by atoms with Crippen LogP contribution in [0.15, 0.2) is 0 Å². The fourth-order valence-electron chi connectivity index (χ4n) is 1.13. The molecule has 0 aliphatic heterocycles. The van der Waals surface area contributed by atoms with Gasteiger partial charge in [-0.2, -0.15) is 0 Å². The van der Waals surface area contributed by atoms with Gasteiger partial charge < -0.3 is 16.4 Å². The van der Waals surface area contributed by atoms with Crippen LogP contribution in [-0.2, 0) is 4.79 Å². The van der Waals surface area contributed by atoms with E-state index in [0.717, 1.165) is 6.42 Å². The van der Waals surface area contributed by atoms with Crippen molar-refractivity contribution in [1.29, 1.82) is 0 Å². The Morgan fingerprint density at radius 1 is 1.43 bits per heavy atom. The molecule has 82 valence electrons. The highest BCUT2D eigenvalue weighted by Crippen LogP contribution is 2.12. The number of carbonyl (C=O) groups is 2. The minimum absolute atomic E-state index is 0.0964. The molecule has 14 heavy (non-hydrogen) atoms. The van der Waals surface area contributed by atoms with Crippen molar-refractivity contribution in [1.82, 2.24) is 10.6 Å². The average molecular weight is 201 g/mol. The van der Waals surface area contributed by atoms with E-state index in [1.54, 1.807) is 14.0 Å². The summed E-state index contributed by atoms with van der Waals surface area (Å²) in [6, 6.07) is -0.529. The van der Waals surface area contributed by atoms with Crippen LogP contribution >= 0.6 is 0 Å². The first-order chi connectivity index (χ1) is 6.42. The second-order valence-corrected chi connectivity index (χ2v) is 3.53. The summed E-state index contributed by atoms with van der Waals surface area (Å²) in [6.07, 6.45) is 1.40. The third kappa shape index (κ3) is 4.23. The summed E-state index contributed by atoms with van der Waals surface area (Å²) < 4.78 is 0. The quantitative estimate of drug-likeness (QED) is 0.529. The van der Waals surface area contributed by atoms with Crippen LogP contribution in [0.4, 0.5) is 4.79 Å². The minimum Gasteiger partial charge on any atom is -0.352 e. The Balaban J connectivity index is 3.85. The highest BCUT2D eigenvalue weighted by Gasteiger charge is 2.26. The number of nitrogens with one attached hydrogen (secondary N) is 2. The summed E-state index contributed by atoms with van der Waals surface area (Å²) in [5.74, 6) is 0.0964. The van der Waals surface area contributed by atoms with Gasteiger partial charge in [0, 0.05) is 6.54 Å². The lowest BCUT2D eigenvalue weighted by Gasteiger charge is -2.26. The molecule has 0 fully saturated rings. The molecule has 0 bridgehead atoms. The van der Waals surface area contributed by atoms with Crippen molar-refractivity contribution in [3.63, 3.8) is 0 Å². The Hall–Kier alpha value is -1.10. The summed E-state index contributed by atoms with van der Waals surface area (Å²) in [5.41, 5.74) is 4.40. The fraction of sp³-hybridized carbons (Fsp3) is 0.778. The van der Waals surface area contributed by atoms with Crippen molar-refractivity contribution in [3.05, 3.63) is 0 Å². The number of hydrogen-bond donors (Lipinski definition) is 3. The number of hydrogen-bond acceptors (Lipinski definition) is 3. The highest BCUT2D eigenvalue weighted by molar-refractivity contribution is 5.85. The van der Waals surface area contributed by atoms with E-state index in [9.17, 15) is 9.59 Å². The molecular weight excluding hydrogens is 182 g/mol. The topological polar surface area (TPSA) is 84.2 Å². The third-order valence-electron chi connectivity index (χ3n) is 2.48. The van der Waals surface area contributed by atoms with Crippen molar-refractivity contribution in [3.8, 4) is 0 Å². The summed E-state index contributed by atoms with van der Waals surface area (Å²) in [6.45, 7) is 3.90. The Morgan fingerprint density at radius 3 is 2.36 bits per heavy atom. The van der Waals surface area contributed by atoms with Crippen LogP contribution in [0.3, 0.4) is 0 Å². The number of urea groups is 1. The van der Waals surface area contributed by atoms with Gasteiger partial charge >= 0.3 is 6.03 Å². The first-order valence-corrected chi connectivity index (χ1v) is 4.65. The molecular formula is C9H19N3O2. The first-order valence-electron chi connectivity index (χ1n) is 4.65. The van der Waals surface area contributed by atoms with Crippen LogP contribution in [0.5, 0.6) is 0 Å². The highest BCUT2D eigenvalue weighted by atomic mass is 16.2. The van der Waals surface area contributed by atoms with E-state index in [4.69, 9.17) is 5.73 Å². The summed E-state index contributed by atoms with van der Waals surface area (Å²) >= 11 is 0. The fourth-order valence-corrected chi connectivity index (χ4v) is 1.13. The maximum absolute atomic E-state index is 11.3. The molecule has 0 saturated heterocycles. The predicted molar refractivity (Wildman–Crippen MR) is 55.0 cm³/mol. The molecule has 2 amide bonds. The number of rotatable bonds is 6. The Kier molecular flexibility index (Phi) is 5.15. The Morgan fingerprint density at radius 2 is 2.00 bits per heavy atom. The monoisotopic (exact) mass is 201 g/mol. The molecule has 0 radical (unpaired) electrons. The van der Waals surface area contributed by atoms with Gasteiger partial charge in [0.05, 0.1) is 5.54 Å². The second-order valence-electron chi connectivity index (χ2n) is 3.53. The normalized spacial score (nSPS) is 14.5. The summed E-state index contributed by atoms with van der Waals surface area (Å²) in [4.78, 5) is 21.6. The smallest absolute Gasteiger partial charge is 0.312 e. The van der Waals surface area contributed by atoms with E-state index in [1.807, 2.05) is 6.92 Å². The lowest BCUT2D eigenvalue weighted by Crippen LogP contribution is -2.46. The molecule has 0 rings (SSSR count). The molecule has 0 unspecified atom stereocenters. The first kappa shape index (κ1) is 12.9. The lowest BCUT2D eigenvalue weighted by molar-refractivity contribution is -0.122. The minimum atomic E-state index is -0.529. The van der Waals surface area contributed by atoms with Crippen LogP contribution in [-0.4, -0.2) is 30.9 Å². The van der Waals surface area contributed by atoms with Crippen molar-refractivity contribution in [2.75, 3.05) is 13.6 Å². The molecule has 0 aromatic heterocycles. The summed E-state index contributed by atoms with van der Waals surface area (Å²) in [5, 5.41) is 5.45. The van der Waals surface area contributed by atoms with Gasteiger partial charge in [-0.1, -0.05) is 0 Å². The Labute approximate surface area is 84.4 Å². The van der Waals surface area contributed by atoms with E-state index in [0.29, 0.717) is 13.0 Å². The molecule has 0 aromatic rings. The van der Waals surface area contributed by atoms with E-state index in [1.165, 1.54) is 0 Å². The number of carbonyl (C=O) groups excluding carboxylic acids is 2. The van der Waals surface area contributed by atoms with Crippen molar-refractivity contribution in [2.24, 2.45) is 5.73 Å². The third-order valence-corrected chi connectivity index (χ3v) is 2.48. The van der Waals surface area contributed by atoms with Gasteiger partial charge in [-0.15, -0.1) is 0 Å². The van der Waals surface area contributed by atoms with E-state index >= 15 is 0 Å². The molecule has 0 saturated carbocycles. The van der Waals surface area contributed by atoms with Crippen LogP contribution in [0, 0.1) is 0 Å². The van der Waals surface area contributed by atoms with Crippen molar-refractivity contribution in [2.45, 2.75) is 32.2 Å². The Bertz CT molecular complexity index is 218. The molecule has 0 aliphatic carbocycles. The zero-order valence-electron chi connectivity index (χ0n) is 9.02. The van der Waals surface area contributed by atoms with Gasteiger partial charge in [0.1, 0.15) is 5.78 Å². The zero-order valence-corrected chi connectivity index (χ0v) is 9.02. The van der Waals surface area contributed by atoms with Crippen molar-refractivity contribution < 1.29 is 9.59 Å². The van der Waals surface area contributed by atoms with Gasteiger partial charge in [-0.05, 0) is 33.7 Å². The predicted octanol–water partition coefficient (Wildman–Crippen LogP) is 0.00200. The average Bonchev–Trinajstić information content (AvgIpc) is 2.11. The van der Waals surface area contributed by atoms with Gasteiger partial charge in [-0.25, -0.2) is 4.79 Å². The van der Waals surface area contributed by atoms with Crippen LogP contribution in [0.2, 0.25) is 0 Å². The molecule has 0 aliphatic rings. The number of Topliss-reactive ketones (excluding diaryl/α,β-unsaturated/α-hetero) is 1. The molecule has 4 N–H and O–H groups in total. The van der Waals surface area contributed by atoms with E-state index < -0.39 is 11.6 Å². The maximum atomic E-state index is 11.3. The number of likely N-dealkylation sites (N-methyl/N-ethyl adjacent to an activating group) is 1. The number of nitrogens with two attached hydrogens (primary N) is 1. The van der Waals surface area contributed by atoms with Crippen LogP contribution < -0.4 is 16.4 Å². The summed E-state index contributed by atoms with van der Waals surface area (Å²) in [7, 11) is 1.75. The van der Waals surface area contributed by atoms with Gasteiger partial charge in [0.15, 0.2) is 0 Å². The van der Waals surface area contributed by atoms with Gasteiger partial charge in [0.25, 0.3) is 0 Å². The standard InChI is InChI=1S/C9H19N3O2/c1-7(13)9(2,11-3)5-4-6-12-8(10)14/h11H,4-6H2,1-3H3,(H3,10,12,14)/t9-/m0/s1. The molecule has 0 spiro atoms. The number of amides is 2. The second kappa shape index (κ2) is 5.59. The molecule has 5 heteroatoms. The SMILES string of the molecule is CN[C@@](C)(CCCNC(N)=O)C(C)=O. The largest absolute Gasteiger partial charge is 0.352 e.